The molecule has 2 heteroatoms. The molecule has 2 N–H and O–H groups in total. The lowest BCUT2D eigenvalue weighted by molar-refractivity contribution is -0.131. The van der Waals surface area contributed by atoms with Crippen LogP contribution in [-0.4, -0.2) is 18.8 Å². The van der Waals surface area contributed by atoms with E-state index < -0.39 is 0 Å². The van der Waals surface area contributed by atoms with Crippen LogP contribution in [0.25, 0.3) is 0 Å². The lowest BCUT2D eigenvalue weighted by atomic mass is 9.58. The molecular formula is C12H23NO. The van der Waals surface area contributed by atoms with E-state index >= 15 is 0 Å². The summed E-state index contributed by atoms with van der Waals surface area (Å²) >= 11 is 0. The molecule has 14 heavy (non-hydrogen) atoms. The summed E-state index contributed by atoms with van der Waals surface area (Å²) in [4.78, 5) is 0. The summed E-state index contributed by atoms with van der Waals surface area (Å²) in [7, 11) is 0. The van der Waals surface area contributed by atoms with E-state index in [-0.39, 0.29) is 0 Å². The van der Waals surface area contributed by atoms with Crippen molar-refractivity contribution in [3.63, 3.8) is 0 Å². The zero-order chi connectivity index (χ0) is 10.0. The van der Waals surface area contributed by atoms with Crippen LogP contribution in [0.3, 0.4) is 0 Å². The highest BCUT2D eigenvalue weighted by atomic mass is 16.5. The fourth-order valence-corrected chi connectivity index (χ4v) is 3.29. The molecule has 0 bridgehead atoms. The molecule has 0 aliphatic heterocycles. The average Bonchev–Trinajstić information content (AvgIpc) is 2.44. The zero-order valence-electron chi connectivity index (χ0n) is 9.30. The molecule has 2 aliphatic rings. The van der Waals surface area contributed by atoms with Crippen molar-refractivity contribution in [1.29, 1.82) is 0 Å². The Hall–Kier alpha value is -0.0800. The molecule has 0 heterocycles. The number of hydrogen-bond donors (Lipinski definition) is 1. The number of ether oxygens (including phenoxy) is 1. The second kappa shape index (κ2) is 4.19. The summed E-state index contributed by atoms with van der Waals surface area (Å²) < 4.78 is 5.82. The van der Waals surface area contributed by atoms with Crippen LogP contribution in [0, 0.1) is 5.41 Å². The molecule has 0 aromatic carbocycles. The molecular weight excluding hydrogens is 174 g/mol. The molecule has 2 saturated carbocycles. The normalized spacial score (nSPS) is 36.4. The van der Waals surface area contributed by atoms with Crippen LogP contribution in [0.15, 0.2) is 0 Å². The minimum Gasteiger partial charge on any atom is -0.378 e. The fourth-order valence-electron chi connectivity index (χ4n) is 3.29. The van der Waals surface area contributed by atoms with Crippen LogP contribution in [0.4, 0.5) is 0 Å². The first kappa shape index (κ1) is 10.4. The van der Waals surface area contributed by atoms with Gasteiger partial charge in [-0.15, -0.1) is 0 Å². The van der Waals surface area contributed by atoms with E-state index in [1.807, 2.05) is 0 Å². The van der Waals surface area contributed by atoms with Gasteiger partial charge in [-0.25, -0.2) is 0 Å². The van der Waals surface area contributed by atoms with Crippen molar-refractivity contribution in [3.8, 4) is 0 Å². The molecule has 2 unspecified atom stereocenters. The molecule has 2 atom stereocenters. The van der Waals surface area contributed by atoms with Gasteiger partial charge in [-0.1, -0.05) is 25.7 Å². The van der Waals surface area contributed by atoms with Crippen LogP contribution in [0.2, 0.25) is 0 Å². The van der Waals surface area contributed by atoms with Gasteiger partial charge in [0.05, 0.1) is 6.10 Å². The fraction of sp³-hybridized carbons (Fsp3) is 1.00. The molecule has 0 saturated heterocycles. The predicted octanol–water partition coefficient (Wildman–Crippen LogP) is 2.46. The van der Waals surface area contributed by atoms with Crippen LogP contribution >= 0.6 is 0 Å². The van der Waals surface area contributed by atoms with Crippen molar-refractivity contribution in [3.05, 3.63) is 0 Å². The van der Waals surface area contributed by atoms with E-state index in [4.69, 9.17) is 10.5 Å². The summed E-state index contributed by atoms with van der Waals surface area (Å²) in [6.07, 6.45) is 9.68. The molecule has 2 fully saturated rings. The Morgan fingerprint density at radius 1 is 1.21 bits per heavy atom. The Kier molecular flexibility index (Phi) is 3.13. The average molecular weight is 197 g/mol. The van der Waals surface area contributed by atoms with E-state index in [9.17, 15) is 0 Å². The lowest BCUT2D eigenvalue weighted by Gasteiger charge is -2.54. The van der Waals surface area contributed by atoms with E-state index in [0.29, 0.717) is 17.6 Å². The highest BCUT2D eigenvalue weighted by molar-refractivity contribution is 5.06. The van der Waals surface area contributed by atoms with Crippen molar-refractivity contribution >= 4 is 0 Å². The topological polar surface area (TPSA) is 35.2 Å². The predicted molar refractivity (Wildman–Crippen MR) is 58.1 cm³/mol. The monoisotopic (exact) mass is 197 g/mol. The van der Waals surface area contributed by atoms with E-state index in [1.165, 1.54) is 38.5 Å². The zero-order valence-corrected chi connectivity index (χ0v) is 9.30. The summed E-state index contributed by atoms with van der Waals surface area (Å²) in [5.74, 6) is 0. The second-order valence-electron chi connectivity index (χ2n) is 4.93. The van der Waals surface area contributed by atoms with Crippen molar-refractivity contribution in [2.75, 3.05) is 6.61 Å². The molecule has 0 aromatic rings. The van der Waals surface area contributed by atoms with Gasteiger partial charge in [0, 0.05) is 18.1 Å². The SMILES string of the molecule is CCOC1CC(N)C12CCCCCC2. The Balaban J connectivity index is 2.01. The third-order valence-electron chi connectivity index (χ3n) is 4.25. The summed E-state index contributed by atoms with van der Waals surface area (Å²) in [6.45, 7) is 2.94. The quantitative estimate of drug-likeness (QED) is 0.738. The number of rotatable bonds is 2. The molecule has 0 aromatic heterocycles. The third-order valence-corrected chi connectivity index (χ3v) is 4.25. The minimum atomic E-state index is 0.368. The van der Waals surface area contributed by atoms with Crippen LogP contribution in [0.1, 0.15) is 51.9 Å². The van der Waals surface area contributed by atoms with Crippen LogP contribution in [0.5, 0.6) is 0 Å². The molecule has 0 radical (unpaired) electrons. The molecule has 82 valence electrons. The maximum atomic E-state index is 6.20. The molecule has 1 spiro atoms. The summed E-state index contributed by atoms with van der Waals surface area (Å²) in [5.41, 5.74) is 6.57. The van der Waals surface area contributed by atoms with Gasteiger partial charge in [-0.05, 0) is 26.2 Å². The highest BCUT2D eigenvalue weighted by Gasteiger charge is 2.53. The Labute approximate surface area is 87.2 Å². The maximum Gasteiger partial charge on any atom is 0.0660 e. The van der Waals surface area contributed by atoms with E-state index in [1.54, 1.807) is 0 Å². The Bertz CT molecular complexity index is 183. The van der Waals surface area contributed by atoms with Gasteiger partial charge in [0.1, 0.15) is 0 Å². The third kappa shape index (κ3) is 1.59. The van der Waals surface area contributed by atoms with Crippen molar-refractivity contribution in [1.82, 2.24) is 0 Å². The van der Waals surface area contributed by atoms with Crippen molar-refractivity contribution in [2.45, 2.75) is 64.0 Å². The summed E-state index contributed by atoms with van der Waals surface area (Å²) in [5, 5.41) is 0. The smallest absolute Gasteiger partial charge is 0.0660 e. The minimum absolute atomic E-state index is 0.368. The molecule has 2 aliphatic carbocycles. The van der Waals surface area contributed by atoms with E-state index in [0.717, 1.165) is 13.0 Å². The van der Waals surface area contributed by atoms with Gasteiger partial charge in [-0.2, -0.15) is 0 Å². The molecule has 2 nitrogen and oxygen atoms in total. The van der Waals surface area contributed by atoms with E-state index in [2.05, 4.69) is 6.92 Å². The molecule has 2 rings (SSSR count). The van der Waals surface area contributed by atoms with Crippen molar-refractivity contribution < 1.29 is 4.74 Å². The molecule has 0 amide bonds. The number of hydrogen-bond acceptors (Lipinski definition) is 2. The Morgan fingerprint density at radius 3 is 2.36 bits per heavy atom. The van der Waals surface area contributed by atoms with Crippen LogP contribution in [-0.2, 0) is 4.74 Å². The van der Waals surface area contributed by atoms with Gasteiger partial charge < -0.3 is 10.5 Å². The summed E-state index contributed by atoms with van der Waals surface area (Å²) in [6, 6.07) is 0.414. The van der Waals surface area contributed by atoms with Gasteiger partial charge in [-0.3, -0.25) is 0 Å². The van der Waals surface area contributed by atoms with Gasteiger partial charge in [0.15, 0.2) is 0 Å². The number of nitrogens with two attached hydrogens (primary N) is 1. The van der Waals surface area contributed by atoms with Crippen molar-refractivity contribution in [2.24, 2.45) is 11.1 Å². The van der Waals surface area contributed by atoms with Gasteiger partial charge in [0.25, 0.3) is 0 Å². The first-order chi connectivity index (χ1) is 6.79. The first-order valence-corrected chi connectivity index (χ1v) is 6.17. The largest absolute Gasteiger partial charge is 0.378 e. The van der Waals surface area contributed by atoms with Gasteiger partial charge in [0.2, 0.25) is 0 Å². The second-order valence-corrected chi connectivity index (χ2v) is 4.93. The highest BCUT2D eigenvalue weighted by Crippen LogP contribution is 2.51. The van der Waals surface area contributed by atoms with Crippen LogP contribution < -0.4 is 5.73 Å². The Morgan fingerprint density at radius 2 is 1.86 bits per heavy atom. The van der Waals surface area contributed by atoms with Gasteiger partial charge >= 0.3 is 0 Å². The lowest BCUT2D eigenvalue weighted by Crippen LogP contribution is -2.62. The first-order valence-electron chi connectivity index (χ1n) is 6.17. The maximum absolute atomic E-state index is 6.20. The standard InChI is InChI=1S/C12H23NO/c1-2-14-11-9-10(13)12(11)7-5-3-4-6-8-12/h10-11H,2-9,13H2,1H3.